The minimum atomic E-state index is -0.634. The van der Waals surface area contributed by atoms with Gasteiger partial charge in [0.1, 0.15) is 11.3 Å². The molecule has 19 heavy (non-hydrogen) atoms. The van der Waals surface area contributed by atoms with Gasteiger partial charge in [0, 0.05) is 0 Å². The van der Waals surface area contributed by atoms with Gasteiger partial charge in [-0.05, 0) is 25.0 Å². The number of rotatable bonds is 4. The molecule has 4 heteroatoms. The van der Waals surface area contributed by atoms with Crippen LogP contribution in [0.1, 0.15) is 38.5 Å². The van der Waals surface area contributed by atoms with E-state index in [1.807, 2.05) is 24.3 Å². The van der Waals surface area contributed by atoms with Gasteiger partial charge >= 0.3 is 0 Å². The largest absolute Gasteiger partial charge is 0.495 e. The van der Waals surface area contributed by atoms with E-state index in [9.17, 15) is 4.79 Å². The number of nitrogens with two attached hydrogens (primary N) is 1. The molecular formula is C15H22N2O2. The van der Waals surface area contributed by atoms with Crippen molar-refractivity contribution in [2.24, 2.45) is 5.73 Å². The van der Waals surface area contributed by atoms with Gasteiger partial charge in [-0.15, -0.1) is 0 Å². The maximum absolute atomic E-state index is 12.0. The Bertz CT molecular complexity index is 438. The minimum absolute atomic E-state index is 0.264. The molecule has 0 atom stereocenters. The van der Waals surface area contributed by atoms with Crippen LogP contribution in [0.4, 0.5) is 5.69 Å². The van der Waals surface area contributed by atoms with Gasteiger partial charge in [0.15, 0.2) is 0 Å². The number of benzene rings is 1. The highest BCUT2D eigenvalue weighted by atomic mass is 16.5. The summed E-state index contributed by atoms with van der Waals surface area (Å²) in [7, 11) is 1.63. The minimum Gasteiger partial charge on any atom is -0.495 e. The molecule has 0 radical (unpaired) electrons. The van der Waals surface area contributed by atoms with Gasteiger partial charge in [-0.3, -0.25) is 4.79 Å². The van der Waals surface area contributed by atoms with Gasteiger partial charge in [-0.2, -0.15) is 0 Å². The molecule has 0 saturated heterocycles. The molecular weight excluding hydrogens is 240 g/mol. The Kier molecular flexibility index (Phi) is 4.30. The molecule has 1 aromatic rings. The van der Waals surface area contributed by atoms with E-state index in [1.54, 1.807) is 7.11 Å². The van der Waals surface area contributed by atoms with Crippen LogP contribution in [0.25, 0.3) is 0 Å². The monoisotopic (exact) mass is 262 g/mol. The number of primary amides is 1. The number of amides is 1. The Labute approximate surface area is 114 Å². The lowest BCUT2D eigenvalue weighted by atomic mass is 9.89. The zero-order valence-electron chi connectivity index (χ0n) is 11.4. The fraction of sp³-hybridized carbons (Fsp3) is 0.533. The second kappa shape index (κ2) is 5.95. The van der Waals surface area contributed by atoms with Crippen LogP contribution in [0.3, 0.4) is 0 Å². The van der Waals surface area contributed by atoms with Crippen molar-refractivity contribution in [1.29, 1.82) is 0 Å². The maximum atomic E-state index is 12.0. The van der Waals surface area contributed by atoms with E-state index >= 15 is 0 Å². The first-order valence-electron chi connectivity index (χ1n) is 6.89. The molecule has 104 valence electrons. The second-order valence-electron chi connectivity index (χ2n) is 5.19. The van der Waals surface area contributed by atoms with Crippen LogP contribution in [0, 0.1) is 0 Å². The fourth-order valence-corrected chi connectivity index (χ4v) is 2.77. The van der Waals surface area contributed by atoms with E-state index in [4.69, 9.17) is 10.5 Å². The molecule has 1 aliphatic carbocycles. The first-order chi connectivity index (χ1) is 9.18. The van der Waals surface area contributed by atoms with Gasteiger partial charge in [0.2, 0.25) is 5.91 Å². The number of carbonyl (C=O) groups is 1. The zero-order chi connectivity index (χ0) is 13.7. The van der Waals surface area contributed by atoms with E-state index in [-0.39, 0.29) is 5.91 Å². The lowest BCUT2D eigenvalue weighted by molar-refractivity contribution is -0.122. The lowest BCUT2D eigenvalue weighted by Crippen LogP contribution is -2.50. The van der Waals surface area contributed by atoms with E-state index in [0.29, 0.717) is 0 Å². The fourth-order valence-electron chi connectivity index (χ4n) is 2.77. The molecule has 4 nitrogen and oxygen atoms in total. The number of anilines is 1. The predicted octanol–water partition coefficient (Wildman–Crippen LogP) is 2.69. The normalized spacial score (nSPS) is 18.4. The summed E-state index contributed by atoms with van der Waals surface area (Å²) in [6, 6.07) is 7.65. The zero-order valence-corrected chi connectivity index (χ0v) is 11.4. The average Bonchev–Trinajstić information content (AvgIpc) is 2.66. The van der Waals surface area contributed by atoms with Gasteiger partial charge in [-0.1, -0.05) is 37.8 Å². The number of carbonyl (C=O) groups excluding carboxylic acids is 1. The van der Waals surface area contributed by atoms with Crippen LogP contribution in [-0.4, -0.2) is 18.6 Å². The summed E-state index contributed by atoms with van der Waals surface area (Å²) >= 11 is 0. The molecule has 3 N–H and O–H groups in total. The quantitative estimate of drug-likeness (QED) is 0.820. The first-order valence-corrected chi connectivity index (χ1v) is 6.89. The first kappa shape index (κ1) is 13.7. The maximum Gasteiger partial charge on any atom is 0.243 e. The number of para-hydroxylation sites is 2. The summed E-state index contributed by atoms with van der Waals surface area (Å²) in [5.41, 5.74) is 5.87. The Balaban J connectivity index is 2.27. The van der Waals surface area contributed by atoms with Crippen molar-refractivity contribution in [3.05, 3.63) is 24.3 Å². The van der Waals surface area contributed by atoms with Crippen LogP contribution in [0.5, 0.6) is 5.75 Å². The predicted molar refractivity (Wildman–Crippen MR) is 76.2 cm³/mol. The highest BCUT2D eigenvalue weighted by Gasteiger charge is 2.37. The molecule has 1 aromatic carbocycles. The summed E-state index contributed by atoms with van der Waals surface area (Å²) < 4.78 is 5.33. The third-order valence-corrected chi connectivity index (χ3v) is 3.91. The van der Waals surface area contributed by atoms with Crippen LogP contribution in [0.15, 0.2) is 24.3 Å². The number of hydrogen-bond donors (Lipinski definition) is 2. The Morgan fingerprint density at radius 2 is 1.84 bits per heavy atom. The average molecular weight is 262 g/mol. The van der Waals surface area contributed by atoms with E-state index in [2.05, 4.69) is 5.32 Å². The highest BCUT2D eigenvalue weighted by Crippen LogP contribution is 2.34. The lowest BCUT2D eigenvalue weighted by Gasteiger charge is -2.32. The van der Waals surface area contributed by atoms with E-state index < -0.39 is 5.54 Å². The van der Waals surface area contributed by atoms with E-state index in [0.717, 1.165) is 37.1 Å². The molecule has 0 unspecified atom stereocenters. The summed E-state index contributed by atoms with van der Waals surface area (Å²) in [4.78, 5) is 12.0. The van der Waals surface area contributed by atoms with Crippen molar-refractivity contribution in [3.8, 4) is 5.75 Å². The van der Waals surface area contributed by atoms with Crippen molar-refractivity contribution in [2.45, 2.75) is 44.1 Å². The van der Waals surface area contributed by atoms with Gasteiger partial charge in [0.05, 0.1) is 12.8 Å². The van der Waals surface area contributed by atoms with Crippen LogP contribution in [-0.2, 0) is 4.79 Å². The Hall–Kier alpha value is -1.71. The van der Waals surface area contributed by atoms with Crippen molar-refractivity contribution in [3.63, 3.8) is 0 Å². The van der Waals surface area contributed by atoms with Crippen molar-refractivity contribution >= 4 is 11.6 Å². The molecule has 0 aliphatic heterocycles. The number of nitrogens with one attached hydrogen (secondary N) is 1. The second-order valence-corrected chi connectivity index (χ2v) is 5.19. The highest BCUT2D eigenvalue weighted by molar-refractivity contribution is 5.88. The van der Waals surface area contributed by atoms with Gasteiger partial charge < -0.3 is 15.8 Å². The molecule has 1 aliphatic rings. The van der Waals surface area contributed by atoms with Crippen LogP contribution in [0.2, 0.25) is 0 Å². The molecule has 0 spiro atoms. The molecule has 0 bridgehead atoms. The van der Waals surface area contributed by atoms with Crippen molar-refractivity contribution in [2.75, 3.05) is 12.4 Å². The van der Waals surface area contributed by atoms with Crippen LogP contribution < -0.4 is 15.8 Å². The summed E-state index contributed by atoms with van der Waals surface area (Å²) in [6.45, 7) is 0. The standard InChI is InChI=1S/C15H22N2O2/c1-19-13-9-5-4-8-12(13)17-15(14(16)18)10-6-2-3-7-11-15/h4-5,8-9,17H,2-3,6-7,10-11H2,1H3,(H2,16,18). The molecule has 0 aromatic heterocycles. The number of hydrogen-bond acceptors (Lipinski definition) is 3. The molecule has 2 rings (SSSR count). The van der Waals surface area contributed by atoms with Crippen LogP contribution >= 0.6 is 0 Å². The summed E-state index contributed by atoms with van der Waals surface area (Å²) in [6.07, 6.45) is 5.99. The SMILES string of the molecule is COc1ccccc1NC1(C(N)=O)CCCCCC1. The summed E-state index contributed by atoms with van der Waals surface area (Å²) in [5, 5.41) is 3.35. The van der Waals surface area contributed by atoms with Gasteiger partial charge in [0.25, 0.3) is 0 Å². The molecule has 1 fully saturated rings. The third-order valence-electron chi connectivity index (χ3n) is 3.91. The molecule has 1 saturated carbocycles. The molecule has 1 amide bonds. The van der Waals surface area contributed by atoms with Crippen molar-refractivity contribution in [1.82, 2.24) is 0 Å². The Morgan fingerprint density at radius 1 is 1.21 bits per heavy atom. The van der Waals surface area contributed by atoms with Gasteiger partial charge in [-0.25, -0.2) is 0 Å². The third kappa shape index (κ3) is 3.00. The topological polar surface area (TPSA) is 64.3 Å². The number of methoxy groups -OCH3 is 1. The summed E-state index contributed by atoms with van der Waals surface area (Å²) in [5.74, 6) is 0.479. The molecule has 0 heterocycles. The number of ether oxygens (including phenoxy) is 1. The van der Waals surface area contributed by atoms with E-state index in [1.165, 1.54) is 12.8 Å². The Morgan fingerprint density at radius 3 is 2.42 bits per heavy atom. The van der Waals surface area contributed by atoms with Crippen molar-refractivity contribution < 1.29 is 9.53 Å². The smallest absolute Gasteiger partial charge is 0.243 e.